The summed E-state index contributed by atoms with van der Waals surface area (Å²) in [5.41, 5.74) is 4.51. The predicted molar refractivity (Wildman–Crippen MR) is 93.5 cm³/mol. The molecule has 0 amide bonds. The molecule has 0 unspecified atom stereocenters. The van der Waals surface area contributed by atoms with Crippen LogP contribution in [0, 0.1) is 12.5 Å². The third-order valence-corrected chi connectivity index (χ3v) is 3.11. The first-order valence-electron chi connectivity index (χ1n) is 7.76. The second-order valence-electron chi connectivity index (χ2n) is 5.82. The van der Waals surface area contributed by atoms with E-state index < -0.39 is 0 Å². The summed E-state index contributed by atoms with van der Waals surface area (Å²) in [4.78, 5) is 0. The smallest absolute Gasteiger partial charge is 0.335 e. The summed E-state index contributed by atoms with van der Waals surface area (Å²) in [6, 6.07) is 7.80. The van der Waals surface area contributed by atoms with E-state index in [4.69, 9.17) is 0 Å². The molecule has 0 aliphatic carbocycles. The topological polar surface area (TPSA) is 0 Å². The van der Waals surface area contributed by atoms with E-state index in [9.17, 15) is 0 Å². The molecule has 0 bridgehead atoms. The van der Waals surface area contributed by atoms with Gasteiger partial charge in [0.05, 0.1) is 0 Å². The fourth-order valence-corrected chi connectivity index (χ4v) is 2.32. The molecule has 20 heavy (non-hydrogen) atoms. The summed E-state index contributed by atoms with van der Waals surface area (Å²) in [7, 11) is 0. The Morgan fingerprint density at radius 3 is 2.05 bits per heavy atom. The van der Waals surface area contributed by atoms with Gasteiger partial charge in [-0.25, -0.2) is 0 Å². The van der Waals surface area contributed by atoms with Gasteiger partial charge in [-0.1, -0.05) is 59.8 Å². The Hall–Kier alpha value is -0.0138. The largest absolute Gasteiger partial charge is 2.00 e. The van der Waals surface area contributed by atoms with Crippen LogP contribution in [0.3, 0.4) is 0 Å². The number of aryl methyl sites for hydroxylation is 1. The van der Waals surface area contributed by atoms with Crippen molar-refractivity contribution in [3.8, 4) is 0 Å². The Morgan fingerprint density at radius 2 is 1.65 bits per heavy atom. The molecule has 0 nitrogen and oxygen atoms in total. The number of hydrogen-bond acceptors (Lipinski definition) is 0. The molecule has 110 valence electrons. The zero-order chi connectivity index (χ0) is 14.8. The second kappa shape index (κ2) is 12.7. The van der Waals surface area contributed by atoms with Crippen LogP contribution in [0.25, 0.3) is 0 Å². The average Bonchev–Trinajstić information content (AvgIpc) is 2.36. The van der Waals surface area contributed by atoms with Crippen LogP contribution in [0.2, 0.25) is 0 Å². The molecule has 0 aliphatic heterocycles. The quantitative estimate of drug-likeness (QED) is 0.464. The molecule has 1 aromatic carbocycles. The molecule has 0 heterocycles. The van der Waals surface area contributed by atoms with Crippen LogP contribution >= 0.6 is 0 Å². The van der Waals surface area contributed by atoms with Crippen molar-refractivity contribution in [2.24, 2.45) is 0 Å². The van der Waals surface area contributed by atoms with Crippen LogP contribution in [-0.4, -0.2) is 23.1 Å². The van der Waals surface area contributed by atoms with E-state index in [0.717, 1.165) is 0 Å². The first-order chi connectivity index (χ1) is 8.99. The maximum Gasteiger partial charge on any atom is 2.00 e. The Morgan fingerprint density at radius 1 is 1.10 bits per heavy atom. The summed E-state index contributed by atoms with van der Waals surface area (Å²) < 4.78 is 0. The molecular formula is C19H32Mg. The van der Waals surface area contributed by atoms with Crippen LogP contribution in [-0.2, 0) is 6.42 Å². The van der Waals surface area contributed by atoms with Gasteiger partial charge in [0.15, 0.2) is 0 Å². The van der Waals surface area contributed by atoms with Crippen molar-refractivity contribution in [1.82, 2.24) is 0 Å². The van der Waals surface area contributed by atoms with Crippen molar-refractivity contribution >= 4 is 23.1 Å². The zero-order valence-electron chi connectivity index (χ0n) is 14.7. The third kappa shape index (κ3) is 7.69. The van der Waals surface area contributed by atoms with Crippen LogP contribution in [0.5, 0.6) is 0 Å². The van der Waals surface area contributed by atoms with Gasteiger partial charge in [0.25, 0.3) is 0 Å². The molecule has 0 aromatic heterocycles. The third-order valence-electron chi connectivity index (χ3n) is 3.11. The van der Waals surface area contributed by atoms with E-state index in [1.165, 1.54) is 24.8 Å². The molecule has 0 radical (unpaired) electrons. The maximum absolute atomic E-state index is 3.43. The van der Waals surface area contributed by atoms with E-state index >= 15 is 0 Å². The van der Waals surface area contributed by atoms with Crippen molar-refractivity contribution in [1.29, 1.82) is 0 Å². The SMILES string of the molecule is CCCCc1cc[c-]c(C(C)C)c1C(C)C.C[CH-]C.[Mg+2]. The molecule has 0 spiro atoms. The summed E-state index contributed by atoms with van der Waals surface area (Å²) in [5.74, 6) is 1.20. The normalized spacial score (nSPS) is 10.1. The van der Waals surface area contributed by atoms with Gasteiger partial charge >= 0.3 is 23.1 Å². The van der Waals surface area contributed by atoms with Gasteiger partial charge in [-0.2, -0.15) is 43.2 Å². The standard InChI is InChI=1S/C16H25.C3H7.Mg/c1-6-7-9-14-10-8-11-15(12(2)3)16(14)13(4)5;1-3-2;/h8,10,12-13H,6-7,9H2,1-5H3;3H,1-2H3;/q2*-1;+2. The average molecular weight is 285 g/mol. The molecule has 0 saturated heterocycles. The fourth-order valence-electron chi connectivity index (χ4n) is 2.32. The van der Waals surface area contributed by atoms with E-state index in [0.29, 0.717) is 11.8 Å². The first-order valence-corrected chi connectivity index (χ1v) is 7.76. The van der Waals surface area contributed by atoms with E-state index in [1.54, 1.807) is 11.1 Å². The first kappa shape index (κ1) is 22.3. The molecule has 0 atom stereocenters. The van der Waals surface area contributed by atoms with Gasteiger partial charge < -0.3 is 6.42 Å². The van der Waals surface area contributed by atoms with E-state index in [-0.39, 0.29) is 23.1 Å². The Bertz CT molecular complexity index is 340. The van der Waals surface area contributed by atoms with Crippen LogP contribution in [0.15, 0.2) is 12.1 Å². The van der Waals surface area contributed by atoms with Gasteiger partial charge in [0, 0.05) is 0 Å². The molecule has 1 aromatic rings. The summed E-state index contributed by atoms with van der Waals surface area (Å²) in [6.45, 7) is 15.4. The van der Waals surface area contributed by atoms with Crippen molar-refractivity contribution in [3.05, 3.63) is 41.3 Å². The Kier molecular flexibility index (Phi) is 14.1. The minimum Gasteiger partial charge on any atom is -0.335 e. The number of unbranched alkanes of at least 4 members (excludes halogenated alkanes) is 1. The zero-order valence-corrected chi connectivity index (χ0v) is 16.1. The maximum atomic E-state index is 3.43. The number of hydrogen-bond donors (Lipinski definition) is 0. The van der Waals surface area contributed by atoms with E-state index in [2.05, 4.69) is 52.8 Å². The van der Waals surface area contributed by atoms with Gasteiger partial charge in [-0.15, -0.1) is 5.56 Å². The minimum atomic E-state index is 0. The summed E-state index contributed by atoms with van der Waals surface area (Å²) in [5, 5.41) is 0. The van der Waals surface area contributed by atoms with Gasteiger partial charge in [0.2, 0.25) is 0 Å². The Labute approximate surface area is 143 Å². The predicted octanol–water partition coefficient (Wildman–Crippen LogP) is 5.93. The molecule has 1 heteroatoms. The molecule has 1 rings (SSSR count). The number of benzene rings is 1. The summed E-state index contributed by atoms with van der Waals surface area (Å²) in [6.07, 6.45) is 5.78. The van der Waals surface area contributed by atoms with Crippen LogP contribution < -0.4 is 0 Å². The van der Waals surface area contributed by atoms with Gasteiger partial charge in [0.1, 0.15) is 0 Å². The van der Waals surface area contributed by atoms with Crippen LogP contribution in [0.4, 0.5) is 0 Å². The molecule has 0 aliphatic rings. The summed E-state index contributed by atoms with van der Waals surface area (Å²) >= 11 is 0. The van der Waals surface area contributed by atoms with Crippen molar-refractivity contribution < 1.29 is 0 Å². The monoisotopic (exact) mass is 284 g/mol. The van der Waals surface area contributed by atoms with Crippen molar-refractivity contribution in [3.63, 3.8) is 0 Å². The number of rotatable bonds is 5. The fraction of sp³-hybridized carbons (Fsp3) is 0.632. The second-order valence-corrected chi connectivity index (χ2v) is 5.82. The molecule has 0 fully saturated rings. The molecule has 0 saturated carbocycles. The van der Waals surface area contributed by atoms with Crippen molar-refractivity contribution in [2.75, 3.05) is 0 Å². The molecule has 0 N–H and O–H groups in total. The van der Waals surface area contributed by atoms with E-state index in [1.807, 2.05) is 20.3 Å². The van der Waals surface area contributed by atoms with Gasteiger partial charge in [-0.05, 0) is 5.92 Å². The van der Waals surface area contributed by atoms with Gasteiger partial charge in [-0.3, -0.25) is 0 Å². The van der Waals surface area contributed by atoms with Crippen molar-refractivity contribution in [2.45, 2.75) is 79.6 Å². The molecular weight excluding hydrogens is 253 g/mol. The Balaban J connectivity index is 0. The minimum absolute atomic E-state index is 0. The van der Waals surface area contributed by atoms with Crippen LogP contribution in [0.1, 0.15) is 89.8 Å².